The predicted octanol–water partition coefficient (Wildman–Crippen LogP) is 5.61. The van der Waals surface area contributed by atoms with Crippen molar-refractivity contribution < 1.29 is 0 Å². The van der Waals surface area contributed by atoms with Crippen molar-refractivity contribution in [2.24, 2.45) is 5.92 Å². The minimum Gasteiger partial charge on any atom is -0.192 e. The van der Waals surface area contributed by atoms with Gasteiger partial charge in [-0.25, -0.2) is 0 Å². The third kappa shape index (κ3) is 2.46. The fraction of sp³-hybridized carbons (Fsp3) is 0.278. The molecule has 0 saturated heterocycles. The van der Waals surface area contributed by atoms with Crippen molar-refractivity contribution in [2.45, 2.75) is 30.4 Å². The van der Waals surface area contributed by atoms with Crippen LogP contribution in [-0.2, 0) is 5.75 Å². The van der Waals surface area contributed by atoms with Crippen LogP contribution in [0.15, 0.2) is 41.3 Å². The van der Waals surface area contributed by atoms with Crippen molar-refractivity contribution in [3.63, 3.8) is 0 Å². The maximum atomic E-state index is 9.46. The van der Waals surface area contributed by atoms with Crippen molar-refractivity contribution in [1.82, 2.24) is 0 Å². The summed E-state index contributed by atoms with van der Waals surface area (Å²) in [5, 5.41) is 10.0. The van der Waals surface area contributed by atoms with Gasteiger partial charge in [0, 0.05) is 16.6 Å². The summed E-state index contributed by atoms with van der Waals surface area (Å²) in [5.74, 6) is 1.59. The number of halogens is 1. The molecule has 0 N–H and O–H groups in total. The Morgan fingerprint density at radius 1 is 1.19 bits per heavy atom. The van der Waals surface area contributed by atoms with Gasteiger partial charge >= 0.3 is 0 Å². The number of benzene rings is 2. The third-order valence-electron chi connectivity index (χ3n) is 4.04. The van der Waals surface area contributed by atoms with E-state index in [1.807, 2.05) is 6.07 Å². The van der Waals surface area contributed by atoms with Crippen LogP contribution in [0.4, 0.5) is 0 Å². The summed E-state index contributed by atoms with van der Waals surface area (Å²) < 4.78 is 0. The largest absolute Gasteiger partial charge is 0.192 e. The van der Waals surface area contributed by atoms with Crippen molar-refractivity contribution >= 4 is 23.4 Å². The van der Waals surface area contributed by atoms with Gasteiger partial charge in [0.25, 0.3) is 0 Å². The molecule has 1 atom stereocenters. The minimum atomic E-state index is 0.315. The standard InChI is InChI=1S/C18H16ClNS/c1-11(2)18-12-7-8-16(19)14(9-20)15(12)10-21-17-6-4-3-5-13(17)18/h3-8,11,18H,10H2,1-2H3. The van der Waals surface area contributed by atoms with E-state index in [4.69, 9.17) is 11.6 Å². The first kappa shape index (κ1) is 14.5. The molecule has 0 bridgehead atoms. The van der Waals surface area contributed by atoms with Crippen LogP contribution >= 0.6 is 23.4 Å². The lowest BCUT2D eigenvalue weighted by molar-refractivity contribution is 0.556. The first-order chi connectivity index (χ1) is 10.1. The summed E-state index contributed by atoms with van der Waals surface area (Å²) in [6.07, 6.45) is 0. The molecule has 0 aliphatic carbocycles. The Labute approximate surface area is 134 Å². The van der Waals surface area contributed by atoms with Gasteiger partial charge < -0.3 is 0 Å². The lowest BCUT2D eigenvalue weighted by Gasteiger charge is -2.24. The smallest absolute Gasteiger partial charge is 0.101 e. The summed E-state index contributed by atoms with van der Waals surface area (Å²) in [6.45, 7) is 4.48. The van der Waals surface area contributed by atoms with Crippen LogP contribution in [0.1, 0.15) is 42.0 Å². The number of hydrogen-bond donors (Lipinski definition) is 0. The normalized spacial score (nSPS) is 16.8. The van der Waals surface area contributed by atoms with Gasteiger partial charge in [0.1, 0.15) is 6.07 Å². The van der Waals surface area contributed by atoms with Crippen LogP contribution in [-0.4, -0.2) is 0 Å². The zero-order valence-corrected chi connectivity index (χ0v) is 13.6. The highest BCUT2D eigenvalue weighted by Gasteiger charge is 2.28. The molecule has 2 aromatic rings. The molecular weight excluding hydrogens is 298 g/mol. The monoisotopic (exact) mass is 313 g/mol. The number of nitrogens with zero attached hydrogens (tertiary/aromatic N) is 1. The van der Waals surface area contributed by atoms with E-state index in [-0.39, 0.29) is 0 Å². The minimum absolute atomic E-state index is 0.315. The zero-order valence-electron chi connectivity index (χ0n) is 12.1. The van der Waals surface area contributed by atoms with Gasteiger partial charge in [-0.15, -0.1) is 11.8 Å². The molecular formula is C18H16ClNS. The van der Waals surface area contributed by atoms with Crippen LogP contribution in [0, 0.1) is 17.2 Å². The summed E-state index contributed by atoms with van der Waals surface area (Å²) in [5.41, 5.74) is 4.36. The van der Waals surface area contributed by atoms with Crippen LogP contribution in [0.5, 0.6) is 0 Å². The zero-order chi connectivity index (χ0) is 15.0. The van der Waals surface area contributed by atoms with Gasteiger partial charge in [-0.05, 0) is 34.7 Å². The van der Waals surface area contributed by atoms with E-state index in [9.17, 15) is 5.26 Å². The topological polar surface area (TPSA) is 23.8 Å². The molecule has 106 valence electrons. The molecule has 1 aliphatic heterocycles. The van der Waals surface area contributed by atoms with Crippen molar-refractivity contribution in [1.29, 1.82) is 5.26 Å². The summed E-state index contributed by atoms with van der Waals surface area (Å²) >= 11 is 8.02. The van der Waals surface area contributed by atoms with E-state index in [0.29, 0.717) is 22.4 Å². The van der Waals surface area contributed by atoms with Crippen molar-refractivity contribution in [3.8, 4) is 6.07 Å². The average Bonchev–Trinajstić information content (AvgIpc) is 2.64. The Morgan fingerprint density at radius 3 is 2.67 bits per heavy atom. The van der Waals surface area contributed by atoms with Crippen LogP contribution in [0.25, 0.3) is 0 Å². The van der Waals surface area contributed by atoms with E-state index in [0.717, 1.165) is 11.3 Å². The number of hydrogen-bond acceptors (Lipinski definition) is 2. The van der Waals surface area contributed by atoms with E-state index < -0.39 is 0 Å². The Hall–Kier alpha value is -1.43. The molecule has 1 nitrogen and oxygen atoms in total. The molecule has 21 heavy (non-hydrogen) atoms. The highest BCUT2D eigenvalue weighted by Crippen LogP contribution is 2.45. The summed E-state index contributed by atoms with van der Waals surface area (Å²) in [4.78, 5) is 1.31. The molecule has 1 aliphatic rings. The fourth-order valence-electron chi connectivity index (χ4n) is 3.11. The summed E-state index contributed by atoms with van der Waals surface area (Å²) in [7, 11) is 0. The first-order valence-corrected chi connectivity index (χ1v) is 8.43. The molecule has 0 amide bonds. The second-order valence-corrected chi connectivity index (χ2v) is 7.07. The molecule has 1 unspecified atom stereocenters. The quantitative estimate of drug-likeness (QED) is 0.683. The number of rotatable bonds is 1. The molecule has 0 radical (unpaired) electrons. The predicted molar refractivity (Wildman–Crippen MR) is 88.9 cm³/mol. The lowest BCUT2D eigenvalue weighted by Crippen LogP contribution is -2.11. The maximum absolute atomic E-state index is 9.46. The van der Waals surface area contributed by atoms with Crippen LogP contribution in [0.3, 0.4) is 0 Å². The van der Waals surface area contributed by atoms with Crippen molar-refractivity contribution in [2.75, 3.05) is 0 Å². The Bertz CT molecular complexity index is 730. The highest BCUT2D eigenvalue weighted by molar-refractivity contribution is 7.98. The second kappa shape index (κ2) is 5.75. The third-order valence-corrected chi connectivity index (χ3v) is 5.47. The highest BCUT2D eigenvalue weighted by atomic mass is 35.5. The molecule has 0 saturated carbocycles. The van der Waals surface area contributed by atoms with Gasteiger partial charge in [0.2, 0.25) is 0 Å². The molecule has 0 aromatic heterocycles. The molecule has 2 aromatic carbocycles. The van der Waals surface area contributed by atoms with Crippen LogP contribution < -0.4 is 0 Å². The molecule has 0 spiro atoms. The van der Waals surface area contributed by atoms with Gasteiger partial charge in [0.15, 0.2) is 0 Å². The van der Waals surface area contributed by atoms with E-state index in [1.54, 1.807) is 11.8 Å². The molecule has 0 fully saturated rings. The van der Waals surface area contributed by atoms with Gasteiger partial charge in [-0.2, -0.15) is 5.26 Å². The molecule has 1 heterocycles. The average molecular weight is 314 g/mol. The number of thioether (sulfide) groups is 1. The SMILES string of the molecule is CC(C)C1c2ccccc2SCc2c1ccc(Cl)c2C#N. The number of nitriles is 1. The number of fused-ring (bicyclic) bond motifs is 2. The van der Waals surface area contributed by atoms with Gasteiger partial charge in [0.05, 0.1) is 10.6 Å². The Kier molecular flexibility index (Phi) is 3.97. The Morgan fingerprint density at radius 2 is 1.95 bits per heavy atom. The fourth-order valence-corrected chi connectivity index (χ4v) is 4.47. The Balaban J connectivity index is 2.28. The van der Waals surface area contributed by atoms with Gasteiger partial charge in [-0.3, -0.25) is 0 Å². The van der Waals surface area contributed by atoms with E-state index in [2.05, 4.69) is 50.2 Å². The second-order valence-electron chi connectivity index (χ2n) is 5.65. The first-order valence-electron chi connectivity index (χ1n) is 7.06. The van der Waals surface area contributed by atoms with Gasteiger partial charge in [-0.1, -0.05) is 49.7 Å². The molecule has 3 rings (SSSR count). The maximum Gasteiger partial charge on any atom is 0.101 e. The van der Waals surface area contributed by atoms with E-state index in [1.165, 1.54) is 16.0 Å². The van der Waals surface area contributed by atoms with E-state index >= 15 is 0 Å². The summed E-state index contributed by atoms with van der Waals surface area (Å²) in [6, 6.07) is 14.8. The van der Waals surface area contributed by atoms with Crippen molar-refractivity contribution in [3.05, 3.63) is 63.7 Å². The molecule has 3 heteroatoms. The lowest BCUT2D eigenvalue weighted by atomic mass is 9.80. The van der Waals surface area contributed by atoms with Crippen LogP contribution in [0.2, 0.25) is 5.02 Å².